The van der Waals surface area contributed by atoms with Gasteiger partial charge in [0.25, 0.3) is 11.5 Å². The lowest BCUT2D eigenvalue weighted by Crippen LogP contribution is -2.40. The molecule has 0 unspecified atom stereocenters. The SMILES string of the molecule is CCN(CC)c1ccc(/C=c2\sc3n(c2=O)[C@@H](c2cccc(OC)c2)C(C(=O)Nc2ccccc2)=C(C)N=3)c(O)c1. The molecule has 2 heterocycles. The number of hydrogen-bond donors (Lipinski definition) is 2. The van der Waals surface area contributed by atoms with E-state index in [-0.39, 0.29) is 17.2 Å². The van der Waals surface area contributed by atoms with Crippen LogP contribution in [0.3, 0.4) is 0 Å². The highest BCUT2D eigenvalue weighted by Crippen LogP contribution is 2.32. The van der Waals surface area contributed by atoms with Gasteiger partial charge in [0.15, 0.2) is 4.80 Å². The molecule has 41 heavy (non-hydrogen) atoms. The van der Waals surface area contributed by atoms with Gasteiger partial charge < -0.3 is 20.1 Å². The molecular formula is C32H32N4O4S. The molecular weight excluding hydrogens is 536 g/mol. The first-order chi connectivity index (χ1) is 19.8. The molecule has 1 aromatic heterocycles. The lowest BCUT2D eigenvalue weighted by Gasteiger charge is -2.25. The van der Waals surface area contributed by atoms with Crippen LogP contribution in [0.4, 0.5) is 11.4 Å². The molecule has 1 aliphatic heterocycles. The van der Waals surface area contributed by atoms with Crippen molar-refractivity contribution in [2.45, 2.75) is 26.8 Å². The molecule has 2 N–H and O–H groups in total. The van der Waals surface area contributed by atoms with E-state index in [9.17, 15) is 14.7 Å². The van der Waals surface area contributed by atoms with Crippen molar-refractivity contribution in [1.29, 1.82) is 0 Å². The summed E-state index contributed by atoms with van der Waals surface area (Å²) in [6.07, 6.45) is 1.68. The fourth-order valence-corrected chi connectivity index (χ4v) is 6.08. The van der Waals surface area contributed by atoms with E-state index in [1.165, 1.54) is 11.3 Å². The number of fused-ring (bicyclic) bond motifs is 1. The Morgan fingerprint density at radius 2 is 1.85 bits per heavy atom. The average Bonchev–Trinajstić information content (AvgIpc) is 3.28. The van der Waals surface area contributed by atoms with E-state index in [4.69, 9.17) is 9.73 Å². The Kier molecular flexibility index (Phi) is 8.07. The van der Waals surface area contributed by atoms with Gasteiger partial charge in [-0.05, 0) is 68.8 Å². The number of anilines is 2. The van der Waals surface area contributed by atoms with Crippen molar-refractivity contribution < 1.29 is 14.6 Å². The summed E-state index contributed by atoms with van der Waals surface area (Å²) in [6, 6.07) is 21.3. The van der Waals surface area contributed by atoms with E-state index < -0.39 is 6.04 Å². The lowest BCUT2D eigenvalue weighted by molar-refractivity contribution is -0.113. The first kappa shape index (κ1) is 27.9. The molecule has 4 aromatic rings. The van der Waals surface area contributed by atoms with Crippen LogP contribution in [0.2, 0.25) is 0 Å². The smallest absolute Gasteiger partial charge is 0.271 e. The van der Waals surface area contributed by atoms with Crippen LogP contribution < -0.4 is 29.8 Å². The molecule has 0 aliphatic carbocycles. The van der Waals surface area contributed by atoms with Crippen molar-refractivity contribution in [3.63, 3.8) is 0 Å². The Morgan fingerprint density at radius 1 is 1.10 bits per heavy atom. The Balaban J connectivity index is 1.64. The number of ether oxygens (including phenoxy) is 1. The van der Waals surface area contributed by atoms with Crippen molar-refractivity contribution in [2.75, 3.05) is 30.4 Å². The molecule has 0 saturated heterocycles. The van der Waals surface area contributed by atoms with E-state index in [0.29, 0.717) is 37.6 Å². The number of phenols is 1. The zero-order chi connectivity index (χ0) is 29.1. The average molecular weight is 569 g/mol. The summed E-state index contributed by atoms with van der Waals surface area (Å²) in [7, 11) is 1.58. The van der Waals surface area contributed by atoms with Gasteiger partial charge in [0.05, 0.1) is 29.0 Å². The quantitative estimate of drug-likeness (QED) is 0.328. The second kappa shape index (κ2) is 11.9. The first-order valence-corrected chi connectivity index (χ1v) is 14.3. The molecule has 8 nitrogen and oxygen atoms in total. The van der Waals surface area contributed by atoms with E-state index in [1.54, 1.807) is 30.7 Å². The third-order valence-corrected chi connectivity index (χ3v) is 8.12. The number of carbonyl (C=O) groups excluding carboxylic acids is 1. The molecule has 9 heteroatoms. The van der Waals surface area contributed by atoms with Crippen LogP contribution in [0.15, 0.2) is 93.9 Å². The Labute approximate surface area is 242 Å². The zero-order valence-corrected chi connectivity index (χ0v) is 24.2. The number of carbonyl (C=O) groups is 1. The van der Waals surface area contributed by atoms with Crippen LogP contribution >= 0.6 is 11.3 Å². The van der Waals surface area contributed by atoms with Gasteiger partial charge in [0.1, 0.15) is 11.5 Å². The molecule has 3 aromatic carbocycles. The van der Waals surface area contributed by atoms with Crippen LogP contribution in [0.1, 0.15) is 37.9 Å². The van der Waals surface area contributed by atoms with E-state index in [0.717, 1.165) is 24.3 Å². The minimum absolute atomic E-state index is 0.0867. The van der Waals surface area contributed by atoms with Crippen molar-refractivity contribution in [2.24, 2.45) is 4.99 Å². The van der Waals surface area contributed by atoms with E-state index >= 15 is 0 Å². The monoisotopic (exact) mass is 568 g/mol. The minimum Gasteiger partial charge on any atom is -0.507 e. The summed E-state index contributed by atoms with van der Waals surface area (Å²) in [5, 5.41) is 13.8. The van der Waals surface area contributed by atoms with Gasteiger partial charge in [0.2, 0.25) is 0 Å². The molecule has 210 valence electrons. The third kappa shape index (κ3) is 5.53. The van der Waals surface area contributed by atoms with Gasteiger partial charge in [-0.3, -0.25) is 14.2 Å². The molecule has 1 atom stereocenters. The molecule has 0 saturated carbocycles. The predicted molar refractivity (Wildman–Crippen MR) is 163 cm³/mol. The van der Waals surface area contributed by atoms with Crippen molar-refractivity contribution in [1.82, 2.24) is 4.57 Å². The summed E-state index contributed by atoms with van der Waals surface area (Å²) in [5.74, 6) is 0.355. The lowest BCUT2D eigenvalue weighted by atomic mass is 9.95. The molecule has 0 radical (unpaired) electrons. The summed E-state index contributed by atoms with van der Waals surface area (Å²) < 4.78 is 7.42. The van der Waals surface area contributed by atoms with Gasteiger partial charge in [-0.15, -0.1) is 0 Å². The summed E-state index contributed by atoms with van der Waals surface area (Å²) in [6.45, 7) is 7.53. The molecule has 0 bridgehead atoms. The Bertz CT molecular complexity index is 1800. The second-order valence-electron chi connectivity index (χ2n) is 9.59. The highest BCUT2D eigenvalue weighted by Gasteiger charge is 2.32. The number of hydrogen-bond acceptors (Lipinski definition) is 7. The number of phenolic OH excluding ortho intramolecular Hbond substituents is 1. The van der Waals surface area contributed by atoms with Gasteiger partial charge in [0, 0.05) is 36.1 Å². The number of benzene rings is 3. The fourth-order valence-electron chi connectivity index (χ4n) is 5.04. The van der Waals surface area contributed by atoms with Crippen LogP contribution in [-0.2, 0) is 4.79 Å². The van der Waals surface area contributed by atoms with Crippen LogP contribution in [0.25, 0.3) is 6.08 Å². The molecule has 0 fully saturated rings. The third-order valence-electron chi connectivity index (χ3n) is 7.14. The van der Waals surface area contributed by atoms with Crippen molar-refractivity contribution in [3.8, 4) is 11.5 Å². The number of rotatable bonds is 8. The normalized spacial score (nSPS) is 14.8. The van der Waals surface area contributed by atoms with Gasteiger partial charge in [-0.25, -0.2) is 4.99 Å². The van der Waals surface area contributed by atoms with Crippen LogP contribution in [-0.4, -0.2) is 35.8 Å². The van der Waals surface area contributed by atoms with Crippen LogP contribution in [0, 0.1) is 0 Å². The van der Waals surface area contributed by atoms with Crippen molar-refractivity contribution in [3.05, 3.63) is 115 Å². The molecule has 1 aliphatic rings. The number of para-hydroxylation sites is 1. The Hall–Kier alpha value is -4.63. The standard InChI is InChI=1S/C32H32N4O4S/c1-5-35(6-2)24-16-15-21(26(37)19-24)18-27-31(39)36-29(22-11-10-14-25(17-22)40-4)28(20(3)33-32(36)41-27)30(38)34-23-12-8-7-9-13-23/h7-19,29,37H,5-6H2,1-4H3,(H,34,38)/b27-18-/t29-/m0/s1. The number of methoxy groups -OCH3 is 1. The summed E-state index contributed by atoms with van der Waals surface area (Å²) in [5.41, 5.74) is 3.39. The van der Waals surface area contributed by atoms with Crippen molar-refractivity contribution >= 4 is 34.7 Å². The summed E-state index contributed by atoms with van der Waals surface area (Å²) in [4.78, 5) is 35.0. The highest BCUT2D eigenvalue weighted by molar-refractivity contribution is 7.07. The van der Waals surface area contributed by atoms with E-state index in [2.05, 4.69) is 24.1 Å². The highest BCUT2D eigenvalue weighted by atomic mass is 32.1. The van der Waals surface area contributed by atoms with E-state index in [1.807, 2.05) is 66.7 Å². The van der Waals surface area contributed by atoms with Gasteiger partial charge >= 0.3 is 0 Å². The number of thiazole rings is 1. The maximum atomic E-state index is 14.0. The first-order valence-electron chi connectivity index (χ1n) is 13.5. The fraction of sp³-hybridized carbons (Fsp3) is 0.219. The molecule has 5 rings (SSSR count). The number of amides is 1. The van der Waals surface area contributed by atoms with Gasteiger partial charge in [-0.2, -0.15) is 0 Å². The van der Waals surface area contributed by atoms with Gasteiger partial charge in [-0.1, -0.05) is 41.7 Å². The Morgan fingerprint density at radius 3 is 2.54 bits per heavy atom. The number of aromatic hydroxyl groups is 1. The summed E-state index contributed by atoms with van der Waals surface area (Å²) >= 11 is 1.22. The maximum absolute atomic E-state index is 14.0. The number of allylic oxidation sites excluding steroid dienone is 1. The number of nitrogens with one attached hydrogen (secondary N) is 1. The maximum Gasteiger partial charge on any atom is 0.271 e. The predicted octanol–water partition coefficient (Wildman–Crippen LogP) is 4.43. The molecule has 1 amide bonds. The zero-order valence-electron chi connectivity index (χ0n) is 23.4. The van der Waals surface area contributed by atoms with Crippen LogP contribution in [0.5, 0.6) is 11.5 Å². The minimum atomic E-state index is -0.731. The number of aromatic nitrogens is 1. The molecule has 0 spiro atoms. The largest absolute Gasteiger partial charge is 0.507 e. The number of nitrogens with zero attached hydrogens (tertiary/aromatic N) is 3. The topological polar surface area (TPSA) is 96.2 Å². The second-order valence-corrected chi connectivity index (χ2v) is 10.6.